The Balaban J connectivity index is 1.21. The fraction of sp³-hybridized carbons (Fsp3) is 0.421. The predicted octanol–water partition coefficient (Wildman–Crippen LogP) is 6.55. The first-order valence-electron chi connectivity index (χ1n) is 16.9. The predicted molar refractivity (Wildman–Crippen MR) is 180 cm³/mol. The highest BCUT2D eigenvalue weighted by Crippen LogP contribution is 2.42. The zero-order valence-corrected chi connectivity index (χ0v) is 27.5. The van der Waals surface area contributed by atoms with Gasteiger partial charge in [0.2, 0.25) is 5.91 Å². The van der Waals surface area contributed by atoms with E-state index in [0.717, 1.165) is 67.8 Å². The van der Waals surface area contributed by atoms with E-state index in [1.54, 1.807) is 4.68 Å². The number of carboxylic acid groups (broad SMARTS) is 1. The Bertz CT molecular complexity index is 1760. The summed E-state index contributed by atoms with van der Waals surface area (Å²) in [4.78, 5) is 31.4. The van der Waals surface area contributed by atoms with Crippen molar-refractivity contribution < 1.29 is 24.5 Å². The van der Waals surface area contributed by atoms with E-state index in [0.29, 0.717) is 30.3 Å². The summed E-state index contributed by atoms with van der Waals surface area (Å²) in [7, 11) is 0. The molecule has 1 amide bonds. The van der Waals surface area contributed by atoms with E-state index in [-0.39, 0.29) is 30.1 Å². The van der Waals surface area contributed by atoms with Crippen LogP contribution in [0.4, 0.5) is 0 Å². The number of aryl methyl sites for hydroxylation is 2. The van der Waals surface area contributed by atoms with E-state index in [9.17, 15) is 19.8 Å². The van der Waals surface area contributed by atoms with Crippen molar-refractivity contribution in [3.05, 3.63) is 94.3 Å². The van der Waals surface area contributed by atoms with E-state index < -0.39 is 5.97 Å². The van der Waals surface area contributed by atoms with Gasteiger partial charge in [-0.15, -0.1) is 0 Å². The van der Waals surface area contributed by atoms with Crippen molar-refractivity contribution in [1.29, 1.82) is 0 Å². The molecule has 2 aliphatic rings. The number of aliphatic hydroxyl groups is 1. The van der Waals surface area contributed by atoms with Crippen molar-refractivity contribution >= 4 is 11.9 Å². The quantitative estimate of drug-likeness (QED) is 0.192. The number of likely N-dealkylation sites (tertiary alicyclic amines) is 1. The third-order valence-corrected chi connectivity index (χ3v) is 9.86. The summed E-state index contributed by atoms with van der Waals surface area (Å²) in [6.07, 6.45) is 6.87. The Morgan fingerprint density at radius 1 is 1.02 bits per heavy atom. The smallest absolute Gasteiger partial charge is 0.339 e. The molecular formula is C38H44N4O5. The lowest BCUT2D eigenvalue weighted by Crippen LogP contribution is -2.41. The molecular weight excluding hydrogens is 592 g/mol. The second kappa shape index (κ2) is 14.1. The number of carboxylic acids is 1. The minimum Gasteiger partial charge on any atom is -0.486 e. The summed E-state index contributed by atoms with van der Waals surface area (Å²) in [5.41, 5.74) is 7.65. The number of carbonyl (C=O) groups is 2. The topological polar surface area (TPSA) is 118 Å². The van der Waals surface area contributed by atoms with Gasteiger partial charge in [0.05, 0.1) is 17.6 Å². The van der Waals surface area contributed by atoms with E-state index in [4.69, 9.17) is 9.72 Å². The number of aliphatic hydroxyl groups excluding tert-OH is 1. The first-order chi connectivity index (χ1) is 22.8. The normalized spacial score (nSPS) is 17.0. The number of benzene rings is 2. The Kier molecular flexibility index (Phi) is 9.73. The van der Waals surface area contributed by atoms with Crippen LogP contribution < -0.4 is 4.74 Å². The number of aromatic carboxylic acids is 1. The number of rotatable bonds is 11. The third kappa shape index (κ3) is 6.54. The van der Waals surface area contributed by atoms with Gasteiger partial charge in [0.25, 0.3) is 0 Å². The maximum absolute atomic E-state index is 12.8. The van der Waals surface area contributed by atoms with Gasteiger partial charge in [-0.2, -0.15) is 5.10 Å². The maximum atomic E-state index is 12.8. The zero-order valence-electron chi connectivity index (χ0n) is 27.5. The summed E-state index contributed by atoms with van der Waals surface area (Å²) in [6.45, 7) is 7.54. The van der Waals surface area contributed by atoms with Gasteiger partial charge < -0.3 is 19.8 Å². The van der Waals surface area contributed by atoms with Crippen molar-refractivity contribution in [2.24, 2.45) is 5.92 Å². The minimum atomic E-state index is -0.994. The Labute approximate surface area is 276 Å². The second-order valence-corrected chi connectivity index (χ2v) is 12.7. The first-order valence-corrected chi connectivity index (χ1v) is 16.9. The second-order valence-electron chi connectivity index (χ2n) is 12.7. The number of fused-ring (bicyclic) bond motifs is 1. The van der Waals surface area contributed by atoms with E-state index in [2.05, 4.69) is 48.4 Å². The van der Waals surface area contributed by atoms with E-state index >= 15 is 0 Å². The van der Waals surface area contributed by atoms with Crippen LogP contribution in [-0.2, 0) is 24.1 Å². The zero-order chi connectivity index (χ0) is 33.1. The lowest BCUT2D eigenvalue weighted by molar-refractivity contribution is -0.136. The average Bonchev–Trinajstić information content (AvgIpc) is 3.73. The summed E-state index contributed by atoms with van der Waals surface area (Å²) < 4.78 is 8.37. The standard InChI is InChI=1S/C38H44N4O5/c1-4-25-22-28(13-14-29(25)26-16-19-41(20-17-26)37(44)24(3)18-21-43)47-34-15-12-27-8-6-9-30(36(27)34)32-10-7-11-35(40-32)42-33(5-2)31(23-39-42)38(45)46/h6-11,13-14,22-24,26,34,43H,4-5,12,15-21H2,1-3H3,(H,45,46)/t24?,34-/m1/s1. The van der Waals surface area contributed by atoms with Gasteiger partial charge in [-0.05, 0) is 91.8 Å². The minimum absolute atomic E-state index is 0.0399. The fourth-order valence-electron chi connectivity index (χ4n) is 7.33. The molecule has 2 N–H and O–H groups in total. The monoisotopic (exact) mass is 636 g/mol. The third-order valence-electron chi connectivity index (χ3n) is 9.86. The van der Waals surface area contributed by atoms with E-state index in [1.165, 1.54) is 22.9 Å². The summed E-state index contributed by atoms with van der Waals surface area (Å²) in [5.74, 6) is 0.856. The number of ether oxygens (including phenoxy) is 1. The van der Waals surface area contributed by atoms with Gasteiger partial charge >= 0.3 is 5.97 Å². The van der Waals surface area contributed by atoms with Gasteiger partial charge in [0, 0.05) is 36.7 Å². The molecule has 246 valence electrons. The summed E-state index contributed by atoms with van der Waals surface area (Å²) in [6, 6.07) is 18.6. The lowest BCUT2D eigenvalue weighted by Gasteiger charge is -2.34. The molecule has 9 nitrogen and oxygen atoms in total. The fourth-order valence-corrected chi connectivity index (χ4v) is 7.33. The van der Waals surface area contributed by atoms with Gasteiger partial charge in [0.1, 0.15) is 17.4 Å². The molecule has 2 atom stereocenters. The van der Waals surface area contributed by atoms with Crippen LogP contribution >= 0.6 is 0 Å². The molecule has 9 heteroatoms. The number of piperidine rings is 1. The average molecular weight is 637 g/mol. The largest absolute Gasteiger partial charge is 0.486 e. The SMILES string of the molecule is CCc1cc(O[C@@H]2CCc3cccc(-c4cccc(-n5ncc(C(=O)O)c5CC)n4)c32)ccc1C1CCN(C(=O)C(C)CCO)CC1. The molecule has 4 aromatic rings. The van der Waals surface area contributed by atoms with Crippen molar-refractivity contribution in [3.63, 3.8) is 0 Å². The Hall–Kier alpha value is -4.50. The van der Waals surface area contributed by atoms with Crippen LogP contribution in [-0.4, -0.2) is 61.5 Å². The first kappa shape index (κ1) is 32.4. The number of pyridine rings is 1. The molecule has 2 aromatic heterocycles. The van der Waals surface area contributed by atoms with Crippen LogP contribution in [0.1, 0.15) is 96.8 Å². The van der Waals surface area contributed by atoms with Crippen LogP contribution in [0.5, 0.6) is 5.75 Å². The van der Waals surface area contributed by atoms with Gasteiger partial charge in [-0.25, -0.2) is 14.5 Å². The van der Waals surface area contributed by atoms with Crippen molar-refractivity contribution in [2.75, 3.05) is 19.7 Å². The summed E-state index contributed by atoms with van der Waals surface area (Å²) >= 11 is 0. The molecule has 0 bridgehead atoms. The lowest BCUT2D eigenvalue weighted by atomic mass is 9.85. The van der Waals surface area contributed by atoms with Gasteiger partial charge in [0.15, 0.2) is 5.82 Å². The van der Waals surface area contributed by atoms with Crippen LogP contribution in [0.15, 0.2) is 60.8 Å². The molecule has 0 spiro atoms. The Morgan fingerprint density at radius 3 is 2.53 bits per heavy atom. The molecule has 0 radical (unpaired) electrons. The number of amides is 1. The number of hydrogen-bond acceptors (Lipinski definition) is 6. The number of nitrogens with zero attached hydrogens (tertiary/aromatic N) is 4. The molecule has 1 saturated heterocycles. The van der Waals surface area contributed by atoms with E-state index in [1.807, 2.05) is 36.9 Å². The van der Waals surface area contributed by atoms with Crippen LogP contribution in [0.25, 0.3) is 17.1 Å². The molecule has 2 aromatic carbocycles. The highest BCUT2D eigenvalue weighted by Gasteiger charge is 2.30. The highest BCUT2D eigenvalue weighted by atomic mass is 16.5. The number of hydrogen-bond donors (Lipinski definition) is 2. The molecule has 1 unspecified atom stereocenters. The molecule has 3 heterocycles. The molecule has 47 heavy (non-hydrogen) atoms. The van der Waals surface area contributed by atoms with Crippen molar-refractivity contribution in [3.8, 4) is 22.8 Å². The molecule has 0 saturated carbocycles. The summed E-state index contributed by atoms with van der Waals surface area (Å²) in [5, 5.41) is 23.2. The maximum Gasteiger partial charge on any atom is 0.339 e. The van der Waals surface area contributed by atoms with Crippen LogP contribution in [0, 0.1) is 5.92 Å². The van der Waals surface area contributed by atoms with Crippen LogP contribution in [0.2, 0.25) is 0 Å². The van der Waals surface area contributed by atoms with Gasteiger partial charge in [-0.3, -0.25) is 4.79 Å². The number of aromatic nitrogens is 3. The molecule has 6 rings (SSSR count). The van der Waals surface area contributed by atoms with Crippen molar-refractivity contribution in [2.45, 2.75) is 77.7 Å². The Morgan fingerprint density at radius 2 is 1.81 bits per heavy atom. The highest BCUT2D eigenvalue weighted by molar-refractivity contribution is 5.88. The molecule has 1 fully saturated rings. The molecule has 1 aliphatic carbocycles. The number of carbonyl (C=O) groups excluding carboxylic acids is 1. The van der Waals surface area contributed by atoms with Gasteiger partial charge in [-0.1, -0.05) is 51.1 Å². The van der Waals surface area contributed by atoms with Crippen molar-refractivity contribution in [1.82, 2.24) is 19.7 Å². The van der Waals surface area contributed by atoms with Crippen LogP contribution in [0.3, 0.4) is 0 Å². The molecule has 1 aliphatic heterocycles.